The smallest absolute Gasteiger partial charge is 0.256 e. The molecule has 1 aliphatic rings. The number of hydrogen-bond donors (Lipinski definition) is 2. The Kier molecular flexibility index (Phi) is 5.25. The summed E-state index contributed by atoms with van der Waals surface area (Å²) in [6.45, 7) is 5.67. The number of carbonyl (C=O) groups is 1. The zero-order valence-electron chi connectivity index (χ0n) is 17.6. The highest BCUT2D eigenvalue weighted by atomic mass is 16.5. The normalized spacial score (nSPS) is 14.8. The highest BCUT2D eigenvalue weighted by molar-refractivity contribution is 6.00. The molecule has 0 atom stereocenters. The van der Waals surface area contributed by atoms with Crippen LogP contribution in [-0.2, 0) is 0 Å². The predicted octanol–water partition coefficient (Wildman–Crippen LogP) is 1.10. The van der Waals surface area contributed by atoms with Gasteiger partial charge in [0.2, 0.25) is 11.8 Å². The van der Waals surface area contributed by atoms with Crippen LogP contribution in [0.25, 0.3) is 17.0 Å². The van der Waals surface area contributed by atoms with Gasteiger partial charge in [-0.1, -0.05) is 0 Å². The SMILES string of the molecule is COc1nc(N(C)C2CCNCC2)nc(-c2cn3cc(C)nc3c(C)n2)c1C(N)=O. The van der Waals surface area contributed by atoms with E-state index in [1.165, 1.54) is 7.11 Å². The number of amides is 1. The van der Waals surface area contributed by atoms with Gasteiger partial charge in [-0.15, -0.1) is 0 Å². The summed E-state index contributed by atoms with van der Waals surface area (Å²) in [5, 5.41) is 3.36. The van der Waals surface area contributed by atoms with Gasteiger partial charge in [0.25, 0.3) is 5.91 Å². The first kappa shape index (κ1) is 20.0. The molecule has 3 aromatic heterocycles. The van der Waals surface area contributed by atoms with E-state index in [0.717, 1.165) is 43.0 Å². The van der Waals surface area contributed by atoms with E-state index in [9.17, 15) is 4.79 Å². The van der Waals surface area contributed by atoms with Gasteiger partial charge in [0.15, 0.2) is 5.65 Å². The summed E-state index contributed by atoms with van der Waals surface area (Å²) < 4.78 is 7.31. The van der Waals surface area contributed by atoms with Crippen LogP contribution in [0.2, 0.25) is 0 Å². The summed E-state index contributed by atoms with van der Waals surface area (Å²) in [6.07, 6.45) is 5.65. The Labute approximate surface area is 174 Å². The molecule has 4 heterocycles. The monoisotopic (exact) mass is 410 g/mol. The van der Waals surface area contributed by atoms with Crippen molar-refractivity contribution in [1.82, 2.24) is 29.7 Å². The van der Waals surface area contributed by atoms with E-state index >= 15 is 0 Å². The number of nitrogens with two attached hydrogens (primary N) is 1. The summed E-state index contributed by atoms with van der Waals surface area (Å²) in [7, 11) is 3.42. The Hall–Kier alpha value is -3.27. The molecule has 10 heteroatoms. The summed E-state index contributed by atoms with van der Waals surface area (Å²) in [5.41, 5.74) is 9.01. The van der Waals surface area contributed by atoms with E-state index in [2.05, 4.69) is 20.3 Å². The van der Waals surface area contributed by atoms with E-state index in [4.69, 9.17) is 15.5 Å². The van der Waals surface area contributed by atoms with Crippen LogP contribution < -0.4 is 20.7 Å². The average Bonchev–Trinajstić information content (AvgIpc) is 3.13. The lowest BCUT2D eigenvalue weighted by molar-refractivity contribution is 0.0997. The third-order valence-corrected chi connectivity index (χ3v) is 5.44. The number of rotatable bonds is 5. The minimum atomic E-state index is -0.667. The number of ether oxygens (including phenoxy) is 1. The van der Waals surface area contributed by atoms with Crippen molar-refractivity contribution in [2.24, 2.45) is 5.73 Å². The molecule has 3 aromatic rings. The number of hydrogen-bond acceptors (Lipinski definition) is 8. The number of nitrogens with one attached hydrogen (secondary N) is 1. The maximum Gasteiger partial charge on any atom is 0.256 e. The molecule has 1 aliphatic heterocycles. The lowest BCUT2D eigenvalue weighted by atomic mass is 10.1. The van der Waals surface area contributed by atoms with Gasteiger partial charge in [0, 0.05) is 25.5 Å². The highest BCUT2D eigenvalue weighted by Gasteiger charge is 2.27. The molecule has 158 valence electrons. The summed E-state index contributed by atoms with van der Waals surface area (Å²) in [4.78, 5) is 32.7. The second-order valence-electron chi connectivity index (χ2n) is 7.54. The minimum absolute atomic E-state index is 0.114. The Morgan fingerprint density at radius 2 is 1.93 bits per heavy atom. The molecule has 0 aromatic carbocycles. The molecule has 10 nitrogen and oxygen atoms in total. The number of anilines is 1. The summed E-state index contributed by atoms with van der Waals surface area (Å²) in [5.74, 6) is -0.0518. The van der Waals surface area contributed by atoms with Crippen molar-refractivity contribution in [3.63, 3.8) is 0 Å². The largest absolute Gasteiger partial charge is 0.480 e. The summed E-state index contributed by atoms with van der Waals surface area (Å²) >= 11 is 0. The van der Waals surface area contributed by atoms with Crippen molar-refractivity contribution in [3.05, 3.63) is 29.3 Å². The van der Waals surface area contributed by atoms with Crippen LogP contribution in [-0.4, -0.2) is 63.5 Å². The van der Waals surface area contributed by atoms with E-state index in [-0.39, 0.29) is 17.5 Å². The lowest BCUT2D eigenvalue weighted by Gasteiger charge is -2.32. The van der Waals surface area contributed by atoms with Crippen LogP contribution in [0.15, 0.2) is 12.4 Å². The molecule has 0 radical (unpaired) electrons. The fraction of sp³-hybridized carbons (Fsp3) is 0.450. The average molecular weight is 410 g/mol. The molecule has 0 spiro atoms. The van der Waals surface area contributed by atoms with Crippen LogP contribution in [0, 0.1) is 13.8 Å². The molecule has 0 unspecified atom stereocenters. The predicted molar refractivity (Wildman–Crippen MR) is 113 cm³/mol. The maximum atomic E-state index is 12.3. The number of methoxy groups -OCH3 is 1. The van der Waals surface area contributed by atoms with Crippen molar-refractivity contribution in [1.29, 1.82) is 0 Å². The standard InChI is InChI=1S/C20H26N8O2/c1-11-9-28-10-14(24-12(2)18(28)23-11)16-15(17(21)29)19(30-4)26-20(25-16)27(3)13-5-7-22-8-6-13/h9-10,13,22H,5-8H2,1-4H3,(H2,21,29). The van der Waals surface area contributed by atoms with E-state index < -0.39 is 5.91 Å². The number of fused-ring (bicyclic) bond motifs is 1. The van der Waals surface area contributed by atoms with Gasteiger partial charge in [-0.25, -0.2) is 15.0 Å². The topological polar surface area (TPSA) is 124 Å². The number of nitrogens with zero attached hydrogens (tertiary/aromatic N) is 6. The van der Waals surface area contributed by atoms with Crippen LogP contribution in [0.4, 0.5) is 5.95 Å². The van der Waals surface area contributed by atoms with Gasteiger partial charge in [0.05, 0.1) is 18.5 Å². The Morgan fingerprint density at radius 1 is 1.20 bits per heavy atom. The molecule has 4 rings (SSSR count). The molecule has 1 saturated heterocycles. The van der Waals surface area contributed by atoms with Gasteiger partial charge in [-0.2, -0.15) is 4.98 Å². The number of imidazole rings is 1. The third-order valence-electron chi connectivity index (χ3n) is 5.44. The lowest BCUT2D eigenvalue weighted by Crippen LogP contribution is -2.42. The van der Waals surface area contributed by atoms with Crippen molar-refractivity contribution < 1.29 is 9.53 Å². The molecule has 3 N–H and O–H groups in total. The zero-order valence-corrected chi connectivity index (χ0v) is 17.6. The maximum absolute atomic E-state index is 12.3. The number of piperidine rings is 1. The van der Waals surface area contributed by atoms with Crippen molar-refractivity contribution >= 4 is 17.5 Å². The first-order valence-electron chi connectivity index (χ1n) is 9.91. The quantitative estimate of drug-likeness (QED) is 0.641. The molecule has 1 amide bonds. The molecule has 0 aliphatic carbocycles. The van der Waals surface area contributed by atoms with Crippen molar-refractivity contribution in [2.45, 2.75) is 32.7 Å². The molecular weight excluding hydrogens is 384 g/mol. The van der Waals surface area contributed by atoms with E-state index in [0.29, 0.717) is 17.3 Å². The molecule has 30 heavy (non-hydrogen) atoms. The fourth-order valence-corrected chi connectivity index (χ4v) is 3.89. The van der Waals surface area contributed by atoms with E-state index in [1.807, 2.05) is 36.4 Å². The van der Waals surface area contributed by atoms with Gasteiger partial charge in [-0.05, 0) is 39.8 Å². The fourth-order valence-electron chi connectivity index (χ4n) is 3.89. The Balaban J connectivity index is 1.89. The Bertz CT molecular complexity index is 1100. The number of carbonyl (C=O) groups excluding carboxylic acids is 1. The van der Waals surface area contributed by atoms with Crippen LogP contribution in [0.1, 0.15) is 34.6 Å². The molecule has 0 saturated carbocycles. The molecule has 0 bridgehead atoms. The number of aryl methyl sites for hydroxylation is 2. The second kappa shape index (κ2) is 7.86. The van der Waals surface area contributed by atoms with Gasteiger partial charge < -0.3 is 25.1 Å². The summed E-state index contributed by atoms with van der Waals surface area (Å²) in [6, 6.07) is 0.289. The van der Waals surface area contributed by atoms with Crippen molar-refractivity contribution in [2.75, 3.05) is 32.1 Å². The van der Waals surface area contributed by atoms with Gasteiger partial charge in [-0.3, -0.25) is 4.79 Å². The zero-order chi connectivity index (χ0) is 21.4. The number of aromatic nitrogens is 5. The highest BCUT2D eigenvalue weighted by Crippen LogP contribution is 2.30. The third kappa shape index (κ3) is 3.54. The van der Waals surface area contributed by atoms with Gasteiger partial charge >= 0.3 is 0 Å². The van der Waals surface area contributed by atoms with Crippen LogP contribution in [0.3, 0.4) is 0 Å². The van der Waals surface area contributed by atoms with Crippen LogP contribution in [0.5, 0.6) is 5.88 Å². The first-order valence-corrected chi connectivity index (χ1v) is 9.91. The van der Waals surface area contributed by atoms with Crippen LogP contribution >= 0.6 is 0 Å². The van der Waals surface area contributed by atoms with Crippen molar-refractivity contribution in [3.8, 4) is 17.3 Å². The minimum Gasteiger partial charge on any atom is -0.480 e. The first-order chi connectivity index (χ1) is 14.4. The second-order valence-corrected chi connectivity index (χ2v) is 7.54. The number of primary amides is 1. The Morgan fingerprint density at radius 3 is 2.60 bits per heavy atom. The molecular formula is C20H26N8O2. The van der Waals surface area contributed by atoms with Gasteiger partial charge in [0.1, 0.15) is 17.0 Å². The molecule has 1 fully saturated rings. The van der Waals surface area contributed by atoms with E-state index in [1.54, 1.807) is 6.20 Å².